The van der Waals surface area contributed by atoms with Crippen molar-refractivity contribution in [2.75, 3.05) is 66.6 Å². The number of anilines is 1. The van der Waals surface area contributed by atoms with Gasteiger partial charge >= 0.3 is 0 Å². The predicted molar refractivity (Wildman–Crippen MR) is 150 cm³/mol. The Labute approximate surface area is 234 Å². The first kappa shape index (κ1) is 27.1. The summed E-state index contributed by atoms with van der Waals surface area (Å²) in [6, 6.07) is 14.2. The summed E-state index contributed by atoms with van der Waals surface area (Å²) < 4.78 is 22.1. The summed E-state index contributed by atoms with van der Waals surface area (Å²) in [6.07, 6.45) is 1.77. The molecule has 2 aromatic carbocycles. The van der Waals surface area contributed by atoms with Gasteiger partial charge < -0.3 is 33.6 Å². The number of ether oxygens (including phenoxy) is 4. The van der Waals surface area contributed by atoms with Crippen molar-refractivity contribution in [3.05, 3.63) is 71.4 Å². The molecule has 2 atom stereocenters. The number of carbonyl (C=O) groups is 2. The fourth-order valence-corrected chi connectivity index (χ4v) is 5.66. The molecule has 5 rings (SSSR count). The highest BCUT2D eigenvalue weighted by Gasteiger charge is 2.45. The summed E-state index contributed by atoms with van der Waals surface area (Å²) in [5.74, 6) is 1.92. The number of piperazine rings is 1. The van der Waals surface area contributed by atoms with E-state index in [1.165, 1.54) is 7.11 Å². The summed E-state index contributed by atoms with van der Waals surface area (Å²) in [4.78, 5) is 38.3. The molecule has 10 nitrogen and oxygen atoms in total. The van der Waals surface area contributed by atoms with Crippen molar-refractivity contribution >= 4 is 17.6 Å². The van der Waals surface area contributed by atoms with E-state index in [0.717, 1.165) is 11.4 Å². The number of likely N-dealkylation sites (N-methyl/N-ethyl adjacent to an activating group) is 1. The number of hydrogen-bond acceptors (Lipinski definition) is 8. The van der Waals surface area contributed by atoms with Gasteiger partial charge in [-0.2, -0.15) is 0 Å². The maximum absolute atomic E-state index is 14.5. The number of aromatic nitrogens is 1. The number of rotatable bonds is 7. The van der Waals surface area contributed by atoms with Crippen molar-refractivity contribution in [2.24, 2.45) is 0 Å². The third-order valence-electron chi connectivity index (χ3n) is 7.75. The molecule has 10 heteroatoms. The molecule has 210 valence electrons. The minimum absolute atomic E-state index is 0.0618. The molecule has 0 spiro atoms. The zero-order valence-corrected chi connectivity index (χ0v) is 23.4. The molecule has 0 N–H and O–H groups in total. The highest BCUT2D eigenvalue weighted by atomic mass is 16.5. The molecule has 0 radical (unpaired) electrons. The lowest BCUT2D eigenvalue weighted by atomic mass is 9.78. The lowest BCUT2D eigenvalue weighted by Gasteiger charge is -2.43. The van der Waals surface area contributed by atoms with Crippen molar-refractivity contribution in [1.82, 2.24) is 14.8 Å². The topological polar surface area (TPSA) is 93.7 Å². The molecule has 2 aliphatic heterocycles. The van der Waals surface area contributed by atoms with Crippen LogP contribution in [0.15, 0.2) is 54.7 Å². The average Bonchev–Trinajstić information content (AvgIpc) is 3.01. The number of carbonyl (C=O) groups excluding carboxylic acids is 2. The van der Waals surface area contributed by atoms with Gasteiger partial charge in [0, 0.05) is 45.0 Å². The van der Waals surface area contributed by atoms with Crippen LogP contribution in [0.5, 0.6) is 23.0 Å². The summed E-state index contributed by atoms with van der Waals surface area (Å²) >= 11 is 0. The van der Waals surface area contributed by atoms with E-state index < -0.39 is 12.0 Å². The van der Waals surface area contributed by atoms with Crippen LogP contribution in [0.1, 0.15) is 33.4 Å². The second-order valence-electron chi connectivity index (χ2n) is 9.75. The maximum Gasteiger partial charge on any atom is 0.254 e. The Kier molecular flexibility index (Phi) is 7.68. The number of benzene rings is 2. The van der Waals surface area contributed by atoms with Crippen LogP contribution in [0.25, 0.3) is 0 Å². The Hall–Kier alpha value is -4.47. The number of pyridine rings is 1. The molecule has 0 bridgehead atoms. The second kappa shape index (κ2) is 11.3. The molecule has 0 aliphatic carbocycles. The van der Waals surface area contributed by atoms with E-state index in [1.807, 2.05) is 35.2 Å². The van der Waals surface area contributed by atoms with Crippen molar-refractivity contribution < 1.29 is 28.5 Å². The monoisotopic (exact) mass is 546 g/mol. The average molecular weight is 547 g/mol. The summed E-state index contributed by atoms with van der Waals surface area (Å²) in [5, 5.41) is 0. The largest absolute Gasteiger partial charge is 0.493 e. The highest BCUT2D eigenvalue weighted by Crippen LogP contribution is 2.47. The smallest absolute Gasteiger partial charge is 0.254 e. The Bertz CT molecular complexity index is 1390. The molecule has 3 aromatic rings. The molecule has 2 amide bonds. The number of methoxy groups -OCH3 is 4. The van der Waals surface area contributed by atoms with Gasteiger partial charge in [-0.05, 0) is 47.5 Å². The van der Waals surface area contributed by atoms with E-state index in [-0.39, 0.29) is 11.8 Å². The molecule has 1 aromatic heterocycles. The van der Waals surface area contributed by atoms with Gasteiger partial charge in [0.25, 0.3) is 5.91 Å². The number of fused-ring (bicyclic) bond motifs is 1. The SMILES string of the molecule is COc1ccc([C@H]2[C@@H](C(=O)N3CCN(c4ccccn4)CC3)c3cc(OC)c(OC)cc3C(=O)N2C)cc1OC. The standard InChI is InChI=1S/C30H34N4O6/c1-32-28(19-9-10-22(37-2)23(16-19)38-3)27(20-17-24(39-4)25(40-5)18-21(20)29(32)35)30(36)34-14-12-33(13-15-34)26-8-6-7-11-31-26/h6-11,16-18,27-28H,12-15H2,1-5H3/t27-,28-/m0/s1. The molecular formula is C30H34N4O6. The molecule has 1 fully saturated rings. The summed E-state index contributed by atoms with van der Waals surface area (Å²) in [6.45, 7) is 2.38. The predicted octanol–water partition coefficient (Wildman–Crippen LogP) is 3.38. The Morgan fingerprint density at radius 1 is 0.825 bits per heavy atom. The van der Waals surface area contributed by atoms with Gasteiger partial charge in [0.1, 0.15) is 5.82 Å². The molecular weight excluding hydrogens is 512 g/mol. The van der Waals surface area contributed by atoms with Crippen LogP contribution < -0.4 is 23.8 Å². The van der Waals surface area contributed by atoms with Crippen molar-refractivity contribution in [3.8, 4) is 23.0 Å². The van der Waals surface area contributed by atoms with Gasteiger partial charge in [0.15, 0.2) is 23.0 Å². The molecule has 2 aliphatic rings. The lowest BCUT2D eigenvalue weighted by molar-refractivity contribution is -0.134. The highest BCUT2D eigenvalue weighted by molar-refractivity contribution is 6.02. The first-order chi connectivity index (χ1) is 19.4. The summed E-state index contributed by atoms with van der Waals surface area (Å²) in [7, 11) is 7.93. The molecule has 0 saturated carbocycles. The van der Waals surface area contributed by atoms with E-state index in [9.17, 15) is 9.59 Å². The summed E-state index contributed by atoms with van der Waals surface area (Å²) in [5.41, 5.74) is 1.79. The van der Waals surface area contributed by atoms with Crippen LogP contribution in [0.2, 0.25) is 0 Å². The fraction of sp³-hybridized carbons (Fsp3) is 0.367. The minimum Gasteiger partial charge on any atom is -0.493 e. The van der Waals surface area contributed by atoms with Crippen molar-refractivity contribution in [2.45, 2.75) is 12.0 Å². The molecule has 40 heavy (non-hydrogen) atoms. The third-order valence-corrected chi connectivity index (χ3v) is 7.75. The van der Waals surface area contributed by atoms with Crippen molar-refractivity contribution in [1.29, 1.82) is 0 Å². The van der Waals surface area contributed by atoms with Gasteiger partial charge in [-0.1, -0.05) is 12.1 Å². The minimum atomic E-state index is -0.683. The Balaban J connectivity index is 1.57. The van der Waals surface area contributed by atoms with E-state index >= 15 is 0 Å². The zero-order valence-electron chi connectivity index (χ0n) is 23.4. The van der Waals surface area contributed by atoms with Gasteiger partial charge in [-0.3, -0.25) is 9.59 Å². The van der Waals surface area contributed by atoms with Crippen LogP contribution in [-0.4, -0.2) is 88.3 Å². The normalized spacial score (nSPS) is 18.7. The fourth-order valence-electron chi connectivity index (χ4n) is 5.66. The van der Waals surface area contributed by atoms with Crippen LogP contribution in [-0.2, 0) is 4.79 Å². The van der Waals surface area contributed by atoms with Gasteiger partial charge in [-0.15, -0.1) is 0 Å². The maximum atomic E-state index is 14.5. The second-order valence-corrected chi connectivity index (χ2v) is 9.75. The van der Waals surface area contributed by atoms with E-state index in [0.29, 0.717) is 60.3 Å². The third kappa shape index (κ3) is 4.74. The van der Waals surface area contributed by atoms with E-state index in [4.69, 9.17) is 18.9 Å². The Morgan fingerprint density at radius 3 is 2.10 bits per heavy atom. The van der Waals surface area contributed by atoms with Crippen LogP contribution in [0.3, 0.4) is 0 Å². The van der Waals surface area contributed by atoms with Crippen LogP contribution in [0, 0.1) is 0 Å². The van der Waals surface area contributed by atoms with Crippen LogP contribution >= 0.6 is 0 Å². The van der Waals surface area contributed by atoms with Gasteiger partial charge in [0.2, 0.25) is 5.91 Å². The first-order valence-corrected chi connectivity index (χ1v) is 13.1. The molecule has 3 heterocycles. The number of nitrogens with zero attached hydrogens (tertiary/aromatic N) is 4. The van der Waals surface area contributed by atoms with Gasteiger partial charge in [0.05, 0.1) is 40.4 Å². The van der Waals surface area contributed by atoms with Crippen molar-refractivity contribution in [3.63, 3.8) is 0 Å². The number of amides is 2. The molecule has 1 saturated heterocycles. The van der Waals surface area contributed by atoms with E-state index in [2.05, 4.69) is 9.88 Å². The quantitative estimate of drug-likeness (QED) is 0.445. The molecule has 0 unspecified atom stereocenters. The van der Waals surface area contributed by atoms with E-state index in [1.54, 1.807) is 57.7 Å². The Morgan fingerprint density at radius 2 is 1.48 bits per heavy atom. The lowest BCUT2D eigenvalue weighted by Crippen LogP contribution is -2.53. The number of hydrogen-bond donors (Lipinski definition) is 0. The van der Waals surface area contributed by atoms with Gasteiger partial charge in [-0.25, -0.2) is 4.98 Å². The zero-order chi connectivity index (χ0) is 28.4. The van der Waals surface area contributed by atoms with Crippen LogP contribution in [0.4, 0.5) is 5.82 Å². The first-order valence-electron chi connectivity index (χ1n) is 13.1.